The molecule has 1 fully saturated rings. The van der Waals surface area contributed by atoms with Gasteiger partial charge < -0.3 is 5.32 Å². The van der Waals surface area contributed by atoms with E-state index < -0.39 is 5.82 Å². The van der Waals surface area contributed by atoms with E-state index in [1.54, 1.807) is 6.07 Å². The lowest BCUT2D eigenvalue weighted by atomic mass is 10.2. The summed E-state index contributed by atoms with van der Waals surface area (Å²) >= 11 is 5.65. The van der Waals surface area contributed by atoms with E-state index >= 15 is 0 Å². The molecule has 98 valence electrons. The van der Waals surface area contributed by atoms with Crippen molar-refractivity contribution in [3.8, 4) is 0 Å². The summed E-state index contributed by atoms with van der Waals surface area (Å²) in [7, 11) is 0. The highest BCUT2D eigenvalue weighted by Gasteiger charge is 2.17. The zero-order chi connectivity index (χ0) is 13.0. The van der Waals surface area contributed by atoms with Crippen molar-refractivity contribution in [2.24, 2.45) is 0 Å². The highest BCUT2D eigenvalue weighted by atomic mass is 35.5. The van der Waals surface area contributed by atoms with Crippen LogP contribution in [0.3, 0.4) is 0 Å². The molecule has 2 rings (SSSR count). The van der Waals surface area contributed by atoms with Crippen LogP contribution in [0, 0.1) is 5.82 Å². The fourth-order valence-electron chi connectivity index (χ4n) is 1.82. The van der Waals surface area contributed by atoms with Crippen LogP contribution in [0.15, 0.2) is 18.2 Å². The SMILES string of the molecule is O=C(Nc1cccc(Cl)c1F)N1CCCCCN1. The van der Waals surface area contributed by atoms with Gasteiger partial charge in [0.05, 0.1) is 10.7 Å². The lowest BCUT2D eigenvalue weighted by molar-refractivity contribution is 0.189. The molecule has 0 bridgehead atoms. The third-order valence-corrected chi connectivity index (χ3v) is 3.09. The fraction of sp³-hybridized carbons (Fsp3) is 0.417. The van der Waals surface area contributed by atoms with Crippen LogP contribution in [-0.4, -0.2) is 24.1 Å². The summed E-state index contributed by atoms with van der Waals surface area (Å²) in [5.74, 6) is -0.609. The number of urea groups is 1. The molecule has 4 nitrogen and oxygen atoms in total. The minimum absolute atomic E-state index is 0.00312. The number of carbonyl (C=O) groups is 1. The molecule has 1 aromatic rings. The molecule has 0 aliphatic carbocycles. The monoisotopic (exact) mass is 271 g/mol. The Morgan fingerprint density at radius 2 is 2.22 bits per heavy atom. The molecule has 0 atom stereocenters. The summed E-state index contributed by atoms with van der Waals surface area (Å²) in [6.07, 6.45) is 3.07. The van der Waals surface area contributed by atoms with E-state index in [-0.39, 0.29) is 16.7 Å². The molecule has 1 saturated heterocycles. The van der Waals surface area contributed by atoms with E-state index in [2.05, 4.69) is 10.7 Å². The van der Waals surface area contributed by atoms with Crippen LogP contribution in [0.2, 0.25) is 5.02 Å². The van der Waals surface area contributed by atoms with Gasteiger partial charge in [-0.25, -0.2) is 14.6 Å². The van der Waals surface area contributed by atoms with Gasteiger partial charge in [0.2, 0.25) is 0 Å². The summed E-state index contributed by atoms with van der Waals surface area (Å²) in [6, 6.07) is 4.16. The van der Waals surface area contributed by atoms with E-state index in [0.29, 0.717) is 6.54 Å². The normalized spacial score (nSPS) is 16.2. The zero-order valence-corrected chi connectivity index (χ0v) is 10.6. The third-order valence-electron chi connectivity index (χ3n) is 2.80. The standard InChI is InChI=1S/C12H15ClFN3O/c13-9-5-4-6-10(11(9)14)16-12(18)17-8-3-1-2-7-15-17/h4-6,15H,1-3,7-8H2,(H,16,18). The van der Waals surface area contributed by atoms with E-state index in [1.807, 2.05) is 0 Å². The molecule has 2 amide bonds. The summed E-state index contributed by atoms with van der Waals surface area (Å²) in [5.41, 5.74) is 3.10. The summed E-state index contributed by atoms with van der Waals surface area (Å²) in [5, 5.41) is 3.99. The van der Waals surface area contributed by atoms with Gasteiger partial charge in [0.25, 0.3) is 0 Å². The van der Waals surface area contributed by atoms with Crippen molar-refractivity contribution in [2.45, 2.75) is 19.3 Å². The van der Waals surface area contributed by atoms with Gasteiger partial charge in [0.1, 0.15) is 0 Å². The van der Waals surface area contributed by atoms with Crippen LogP contribution in [0.4, 0.5) is 14.9 Å². The molecule has 0 radical (unpaired) electrons. The number of amides is 2. The van der Waals surface area contributed by atoms with Gasteiger partial charge in [-0.1, -0.05) is 24.1 Å². The molecule has 0 aromatic heterocycles. The van der Waals surface area contributed by atoms with Crippen molar-refractivity contribution in [2.75, 3.05) is 18.4 Å². The van der Waals surface area contributed by atoms with Gasteiger partial charge in [-0.2, -0.15) is 0 Å². The number of hydrogen-bond donors (Lipinski definition) is 2. The quantitative estimate of drug-likeness (QED) is 0.825. The Balaban J connectivity index is 2.03. The van der Waals surface area contributed by atoms with Gasteiger partial charge in [0.15, 0.2) is 5.82 Å². The van der Waals surface area contributed by atoms with Crippen molar-refractivity contribution in [3.05, 3.63) is 29.0 Å². The molecule has 0 saturated carbocycles. The topological polar surface area (TPSA) is 44.4 Å². The molecule has 1 heterocycles. The van der Waals surface area contributed by atoms with Crippen molar-refractivity contribution in [1.82, 2.24) is 10.4 Å². The number of hydrogen-bond acceptors (Lipinski definition) is 2. The first kappa shape index (κ1) is 13.1. The number of hydrazine groups is 1. The second-order valence-corrected chi connectivity index (χ2v) is 4.56. The van der Waals surface area contributed by atoms with Crippen molar-refractivity contribution in [1.29, 1.82) is 0 Å². The minimum atomic E-state index is -0.609. The molecule has 1 aliphatic heterocycles. The number of anilines is 1. The highest BCUT2D eigenvalue weighted by Crippen LogP contribution is 2.22. The number of halogens is 2. The molecule has 0 unspecified atom stereocenters. The smallest absolute Gasteiger partial charge is 0.304 e. The van der Waals surface area contributed by atoms with E-state index in [9.17, 15) is 9.18 Å². The van der Waals surface area contributed by atoms with Gasteiger partial charge >= 0.3 is 6.03 Å². The van der Waals surface area contributed by atoms with Crippen molar-refractivity contribution >= 4 is 23.3 Å². The average molecular weight is 272 g/mol. The Kier molecular flexibility index (Phi) is 4.38. The van der Waals surface area contributed by atoms with Crippen molar-refractivity contribution < 1.29 is 9.18 Å². The van der Waals surface area contributed by atoms with Crippen LogP contribution < -0.4 is 10.7 Å². The second kappa shape index (κ2) is 6.02. The predicted molar refractivity (Wildman–Crippen MR) is 69.0 cm³/mol. The predicted octanol–water partition coefficient (Wildman–Crippen LogP) is 3.00. The molecule has 0 spiro atoms. The first-order chi connectivity index (χ1) is 8.68. The number of nitrogens with zero attached hydrogens (tertiary/aromatic N) is 1. The molecular formula is C12H15ClFN3O. The Morgan fingerprint density at radius 3 is 3.06 bits per heavy atom. The molecule has 18 heavy (non-hydrogen) atoms. The lowest BCUT2D eigenvalue weighted by Crippen LogP contribution is -2.45. The number of benzene rings is 1. The Bertz CT molecular complexity index is 433. The maximum Gasteiger partial charge on any atom is 0.336 e. The summed E-state index contributed by atoms with van der Waals surface area (Å²) < 4.78 is 13.6. The van der Waals surface area contributed by atoms with E-state index in [0.717, 1.165) is 25.8 Å². The van der Waals surface area contributed by atoms with Crippen LogP contribution in [-0.2, 0) is 0 Å². The molecular weight excluding hydrogens is 257 g/mol. The highest BCUT2D eigenvalue weighted by molar-refractivity contribution is 6.31. The van der Waals surface area contributed by atoms with Crippen molar-refractivity contribution in [3.63, 3.8) is 0 Å². The number of carbonyl (C=O) groups excluding carboxylic acids is 1. The fourth-order valence-corrected chi connectivity index (χ4v) is 2.00. The molecule has 6 heteroatoms. The van der Waals surface area contributed by atoms with Gasteiger partial charge in [-0.3, -0.25) is 5.01 Å². The van der Waals surface area contributed by atoms with Gasteiger partial charge in [0, 0.05) is 13.1 Å². The summed E-state index contributed by atoms with van der Waals surface area (Å²) in [4.78, 5) is 11.9. The van der Waals surface area contributed by atoms with Crippen LogP contribution in [0.5, 0.6) is 0 Å². The first-order valence-corrected chi connectivity index (χ1v) is 6.32. The minimum Gasteiger partial charge on any atom is -0.304 e. The zero-order valence-electron chi connectivity index (χ0n) is 9.88. The third kappa shape index (κ3) is 3.11. The molecule has 1 aromatic carbocycles. The Hall–Kier alpha value is -1.33. The second-order valence-electron chi connectivity index (χ2n) is 4.15. The number of rotatable bonds is 1. The molecule has 1 aliphatic rings. The van der Waals surface area contributed by atoms with E-state index in [4.69, 9.17) is 11.6 Å². The lowest BCUT2D eigenvalue weighted by Gasteiger charge is -2.21. The average Bonchev–Trinajstić information content (AvgIpc) is 2.63. The van der Waals surface area contributed by atoms with Crippen LogP contribution >= 0.6 is 11.6 Å². The summed E-state index contributed by atoms with van der Waals surface area (Å²) in [6.45, 7) is 1.37. The van der Waals surface area contributed by atoms with Crippen LogP contribution in [0.25, 0.3) is 0 Å². The van der Waals surface area contributed by atoms with Crippen LogP contribution in [0.1, 0.15) is 19.3 Å². The van der Waals surface area contributed by atoms with Gasteiger partial charge in [-0.05, 0) is 25.0 Å². The number of nitrogens with one attached hydrogen (secondary N) is 2. The molecule has 2 N–H and O–H groups in total. The maximum atomic E-state index is 13.6. The Morgan fingerprint density at radius 1 is 1.39 bits per heavy atom. The maximum absolute atomic E-state index is 13.6. The van der Waals surface area contributed by atoms with Gasteiger partial charge in [-0.15, -0.1) is 0 Å². The Labute approximate surface area is 110 Å². The first-order valence-electron chi connectivity index (χ1n) is 5.94. The largest absolute Gasteiger partial charge is 0.336 e. The van der Waals surface area contributed by atoms with E-state index in [1.165, 1.54) is 17.1 Å².